The third kappa shape index (κ3) is 2.08. The fourth-order valence-electron chi connectivity index (χ4n) is 0.993. The molecule has 2 N–H and O–H groups in total. The van der Waals surface area contributed by atoms with Gasteiger partial charge in [0.25, 0.3) is 0 Å². The molecule has 0 aromatic heterocycles. The molecule has 0 heterocycles. The van der Waals surface area contributed by atoms with E-state index in [1.165, 1.54) is 3.57 Å². The lowest BCUT2D eigenvalue weighted by Gasteiger charge is -2.12. The molecule has 1 aromatic carbocycles. The normalized spacial score (nSPS) is 12.6. The highest BCUT2D eigenvalue weighted by molar-refractivity contribution is 14.1. The Morgan fingerprint density at radius 2 is 2.08 bits per heavy atom. The molecule has 0 aliphatic carbocycles. The van der Waals surface area contributed by atoms with Crippen LogP contribution in [0.3, 0.4) is 0 Å². The van der Waals surface area contributed by atoms with Crippen molar-refractivity contribution in [2.75, 3.05) is 0 Å². The van der Waals surface area contributed by atoms with Crippen LogP contribution in [0.4, 0.5) is 0 Å². The Morgan fingerprint density at radius 1 is 1.50 bits per heavy atom. The van der Waals surface area contributed by atoms with Gasteiger partial charge in [0.1, 0.15) is 0 Å². The first kappa shape index (κ1) is 9.74. The Morgan fingerprint density at radius 3 is 2.58 bits per heavy atom. The van der Waals surface area contributed by atoms with Gasteiger partial charge in [0.05, 0.1) is 6.04 Å². The largest absolute Gasteiger partial charge is 0.321 e. The second-order valence-corrected chi connectivity index (χ2v) is 4.01. The van der Waals surface area contributed by atoms with Crippen LogP contribution in [0.1, 0.15) is 18.5 Å². The zero-order chi connectivity index (χ0) is 9.14. The van der Waals surface area contributed by atoms with Crippen molar-refractivity contribution in [2.24, 2.45) is 5.73 Å². The molecule has 64 valence electrons. The average molecular weight is 273 g/mol. The van der Waals surface area contributed by atoms with Crippen LogP contribution in [0.15, 0.2) is 36.4 Å². The van der Waals surface area contributed by atoms with E-state index in [-0.39, 0.29) is 6.04 Å². The molecule has 12 heavy (non-hydrogen) atoms. The molecule has 2 heteroatoms. The van der Waals surface area contributed by atoms with Gasteiger partial charge in [0.15, 0.2) is 0 Å². The van der Waals surface area contributed by atoms with Crippen LogP contribution in [0, 0.1) is 3.57 Å². The second kappa shape index (κ2) is 4.05. The van der Waals surface area contributed by atoms with Crippen LogP contribution in [-0.4, -0.2) is 0 Å². The van der Waals surface area contributed by atoms with Crippen molar-refractivity contribution >= 4 is 22.6 Å². The summed E-state index contributed by atoms with van der Waals surface area (Å²) in [6.07, 6.45) is 0. The summed E-state index contributed by atoms with van der Waals surface area (Å²) in [7, 11) is 0. The molecule has 1 aromatic rings. The van der Waals surface area contributed by atoms with Crippen molar-refractivity contribution in [2.45, 2.75) is 13.0 Å². The molecule has 0 spiro atoms. The van der Waals surface area contributed by atoms with E-state index in [4.69, 9.17) is 5.73 Å². The predicted octanol–water partition coefficient (Wildman–Crippen LogP) is 2.87. The van der Waals surface area contributed by atoms with E-state index >= 15 is 0 Å². The van der Waals surface area contributed by atoms with Crippen LogP contribution in [0.2, 0.25) is 0 Å². The van der Waals surface area contributed by atoms with Crippen LogP contribution < -0.4 is 5.73 Å². The lowest BCUT2D eigenvalue weighted by atomic mass is 10.0. The zero-order valence-electron chi connectivity index (χ0n) is 7.05. The van der Waals surface area contributed by atoms with E-state index < -0.39 is 0 Å². The minimum Gasteiger partial charge on any atom is -0.321 e. The topological polar surface area (TPSA) is 26.0 Å². The van der Waals surface area contributed by atoms with E-state index in [2.05, 4.69) is 35.2 Å². The first-order valence-corrected chi connectivity index (χ1v) is 4.86. The Labute approximate surface area is 86.8 Å². The molecule has 0 amide bonds. The van der Waals surface area contributed by atoms with Gasteiger partial charge in [0.2, 0.25) is 0 Å². The maximum absolute atomic E-state index is 5.93. The van der Waals surface area contributed by atoms with Crippen molar-refractivity contribution in [3.05, 3.63) is 45.6 Å². The highest BCUT2D eigenvalue weighted by Crippen LogP contribution is 2.22. The van der Waals surface area contributed by atoms with Gasteiger partial charge in [0, 0.05) is 3.57 Å². The lowest BCUT2D eigenvalue weighted by molar-refractivity contribution is 0.845. The van der Waals surface area contributed by atoms with E-state index in [1.807, 2.05) is 25.1 Å². The fourth-order valence-corrected chi connectivity index (χ4v) is 1.72. The summed E-state index contributed by atoms with van der Waals surface area (Å²) in [5.74, 6) is 0. The van der Waals surface area contributed by atoms with Crippen LogP contribution in [0.25, 0.3) is 0 Å². The number of nitrogens with two attached hydrogens (primary N) is 1. The van der Waals surface area contributed by atoms with Gasteiger partial charge in [-0.05, 0) is 41.1 Å². The molecular formula is C10H12IN. The van der Waals surface area contributed by atoms with Gasteiger partial charge in [-0.15, -0.1) is 0 Å². The number of hydrogen-bond donors (Lipinski definition) is 1. The van der Waals surface area contributed by atoms with E-state index in [9.17, 15) is 0 Å². The number of hydrogen-bond acceptors (Lipinski definition) is 1. The predicted molar refractivity (Wildman–Crippen MR) is 60.9 cm³/mol. The first-order chi connectivity index (χ1) is 5.63. The Balaban J connectivity index is 3.02. The average Bonchev–Trinajstić information content (AvgIpc) is 2.04. The Bertz CT molecular complexity index is 294. The van der Waals surface area contributed by atoms with Gasteiger partial charge in [-0.1, -0.05) is 30.4 Å². The molecule has 1 atom stereocenters. The quantitative estimate of drug-likeness (QED) is 0.650. The molecule has 0 saturated carbocycles. The van der Waals surface area contributed by atoms with Gasteiger partial charge in [-0.25, -0.2) is 0 Å². The van der Waals surface area contributed by atoms with Gasteiger partial charge < -0.3 is 5.73 Å². The van der Waals surface area contributed by atoms with E-state index in [0.29, 0.717) is 0 Å². The van der Waals surface area contributed by atoms with Crippen LogP contribution in [0.5, 0.6) is 0 Å². The Hall–Kier alpha value is -0.350. The minimum absolute atomic E-state index is 0.0295. The van der Waals surface area contributed by atoms with Crippen molar-refractivity contribution < 1.29 is 0 Å². The molecule has 1 rings (SSSR count). The van der Waals surface area contributed by atoms with Crippen LogP contribution in [-0.2, 0) is 0 Å². The molecule has 0 aliphatic heterocycles. The van der Waals surface area contributed by atoms with Crippen molar-refractivity contribution in [3.8, 4) is 0 Å². The van der Waals surface area contributed by atoms with Gasteiger partial charge >= 0.3 is 0 Å². The molecule has 0 bridgehead atoms. The molecule has 0 radical (unpaired) electrons. The molecule has 0 saturated heterocycles. The summed E-state index contributed by atoms with van der Waals surface area (Å²) in [4.78, 5) is 0. The molecular weight excluding hydrogens is 261 g/mol. The summed E-state index contributed by atoms with van der Waals surface area (Å²) < 4.78 is 1.20. The number of rotatable bonds is 2. The maximum Gasteiger partial charge on any atom is 0.0516 e. The standard InChI is InChI=1S/C10H12IN/c1-7(2)10(12)8-5-3-4-6-9(8)11/h3-6,10H,1,12H2,2H3. The summed E-state index contributed by atoms with van der Waals surface area (Å²) in [5.41, 5.74) is 8.09. The first-order valence-electron chi connectivity index (χ1n) is 3.78. The third-order valence-corrected chi connectivity index (χ3v) is 2.75. The van der Waals surface area contributed by atoms with Crippen molar-refractivity contribution in [1.82, 2.24) is 0 Å². The summed E-state index contributed by atoms with van der Waals surface area (Å²) in [5, 5.41) is 0. The number of halogens is 1. The summed E-state index contributed by atoms with van der Waals surface area (Å²) in [6.45, 7) is 5.80. The second-order valence-electron chi connectivity index (χ2n) is 2.85. The van der Waals surface area contributed by atoms with Gasteiger partial charge in [-0.3, -0.25) is 0 Å². The van der Waals surface area contributed by atoms with Crippen LogP contribution >= 0.6 is 22.6 Å². The monoisotopic (exact) mass is 273 g/mol. The van der Waals surface area contributed by atoms with E-state index in [1.54, 1.807) is 0 Å². The fraction of sp³-hybridized carbons (Fsp3) is 0.200. The molecule has 0 aliphatic rings. The molecule has 1 nitrogen and oxygen atoms in total. The molecule has 1 unspecified atom stereocenters. The van der Waals surface area contributed by atoms with E-state index in [0.717, 1.165) is 11.1 Å². The van der Waals surface area contributed by atoms with Crippen molar-refractivity contribution in [1.29, 1.82) is 0 Å². The Kier molecular flexibility index (Phi) is 3.29. The highest BCUT2D eigenvalue weighted by Gasteiger charge is 2.08. The number of benzene rings is 1. The highest BCUT2D eigenvalue weighted by atomic mass is 127. The zero-order valence-corrected chi connectivity index (χ0v) is 9.21. The summed E-state index contributed by atoms with van der Waals surface area (Å²) >= 11 is 2.29. The van der Waals surface area contributed by atoms with Crippen molar-refractivity contribution in [3.63, 3.8) is 0 Å². The SMILES string of the molecule is C=C(C)C(N)c1ccccc1I. The molecule has 0 fully saturated rings. The van der Waals surface area contributed by atoms with Gasteiger partial charge in [-0.2, -0.15) is 0 Å². The smallest absolute Gasteiger partial charge is 0.0516 e. The summed E-state index contributed by atoms with van der Waals surface area (Å²) in [6, 6.07) is 8.08. The lowest BCUT2D eigenvalue weighted by Crippen LogP contribution is -2.12. The third-order valence-electron chi connectivity index (χ3n) is 1.77. The maximum atomic E-state index is 5.93. The minimum atomic E-state index is -0.0295.